The van der Waals surface area contributed by atoms with Crippen LogP contribution in [0.1, 0.15) is 5.56 Å². The van der Waals surface area contributed by atoms with E-state index >= 15 is 0 Å². The summed E-state index contributed by atoms with van der Waals surface area (Å²) in [5.41, 5.74) is 3.25. The number of sulfonamides is 1. The Morgan fingerprint density at radius 1 is 1.17 bits per heavy atom. The first-order chi connectivity index (χ1) is 5.54. The third kappa shape index (κ3) is 1.54. The summed E-state index contributed by atoms with van der Waals surface area (Å²) in [6.07, 6.45) is 1.50. The number of nitrogens with two attached hydrogens (primary N) is 1. The summed E-state index contributed by atoms with van der Waals surface area (Å²) in [6.45, 7) is 0. The van der Waals surface area contributed by atoms with Crippen molar-refractivity contribution < 1.29 is 8.42 Å². The van der Waals surface area contributed by atoms with E-state index in [0.717, 1.165) is 11.0 Å². The molecule has 2 aliphatic carbocycles. The lowest BCUT2D eigenvalue weighted by Crippen LogP contribution is -2.06. The molecule has 0 aromatic rings. The SMILES string of the molecule is NS(=O)(=O)C=Cc1cc2cc-2c1. The van der Waals surface area contributed by atoms with Gasteiger partial charge in [-0.2, -0.15) is 0 Å². The van der Waals surface area contributed by atoms with Crippen molar-refractivity contribution in [2.75, 3.05) is 0 Å². The maximum absolute atomic E-state index is 10.5. The van der Waals surface area contributed by atoms with E-state index in [2.05, 4.69) is 0 Å². The van der Waals surface area contributed by atoms with Crippen LogP contribution in [0, 0.1) is 0 Å². The minimum Gasteiger partial charge on any atom is -0.225 e. The van der Waals surface area contributed by atoms with Gasteiger partial charge in [0, 0.05) is 5.41 Å². The fourth-order valence-corrected chi connectivity index (χ4v) is 1.40. The number of primary sulfonamides is 1. The summed E-state index contributed by atoms with van der Waals surface area (Å²) in [5, 5.41) is 5.78. The predicted octanol–water partition coefficient (Wildman–Crippen LogP) is 0.926. The lowest BCUT2D eigenvalue weighted by Gasteiger charge is -1.84. The van der Waals surface area contributed by atoms with E-state index in [0.29, 0.717) is 0 Å². The van der Waals surface area contributed by atoms with Gasteiger partial charge in [0.25, 0.3) is 0 Å². The predicted molar refractivity (Wildman–Crippen MR) is 47.6 cm³/mol. The minimum atomic E-state index is -3.48. The summed E-state index contributed by atoms with van der Waals surface area (Å²) >= 11 is 0. The van der Waals surface area contributed by atoms with Crippen molar-refractivity contribution in [3.05, 3.63) is 29.2 Å². The maximum atomic E-state index is 10.5. The van der Waals surface area contributed by atoms with Crippen LogP contribution in [0.25, 0.3) is 17.2 Å². The van der Waals surface area contributed by atoms with Crippen LogP contribution >= 0.6 is 0 Å². The van der Waals surface area contributed by atoms with Crippen LogP contribution in [-0.4, -0.2) is 8.42 Å². The molecule has 12 heavy (non-hydrogen) atoms. The molecule has 62 valence electrons. The Hall–Kier alpha value is -1.13. The summed E-state index contributed by atoms with van der Waals surface area (Å²) < 4.78 is 21.0. The molecule has 0 spiro atoms. The van der Waals surface area contributed by atoms with Gasteiger partial charge in [-0.25, -0.2) is 13.6 Å². The van der Waals surface area contributed by atoms with Crippen molar-refractivity contribution in [2.45, 2.75) is 0 Å². The van der Waals surface area contributed by atoms with Gasteiger partial charge in [0.1, 0.15) is 0 Å². The van der Waals surface area contributed by atoms with Gasteiger partial charge in [-0.3, -0.25) is 0 Å². The van der Waals surface area contributed by atoms with Crippen LogP contribution in [0.4, 0.5) is 0 Å². The van der Waals surface area contributed by atoms with E-state index in [9.17, 15) is 8.42 Å². The quantitative estimate of drug-likeness (QED) is 0.749. The highest BCUT2D eigenvalue weighted by atomic mass is 32.2. The Bertz CT molecular complexity index is 440. The van der Waals surface area contributed by atoms with E-state index < -0.39 is 10.0 Å². The van der Waals surface area contributed by atoms with E-state index in [-0.39, 0.29) is 0 Å². The summed E-state index contributed by atoms with van der Waals surface area (Å²) in [6, 6.07) is 5.85. The molecule has 0 amide bonds. The molecule has 0 aliphatic heterocycles. The first-order valence-corrected chi connectivity index (χ1v) is 5.02. The molecule has 4 heteroatoms. The molecule has 0 heterocycles. The lowest BCUT2D eigenvalue weighted by molar-refractivity contribution is 0.606. The Labute approximate surface area is 70.6 Å². The zero-order chi connectivity index (χ0) is 8.77. The first-order valence-electron chi connectivity index (χ1n) is 3.41. The molecule has 0 bridgehead atoms. The number of benzene rings is 1. The maximum Gasteiger partial charge on any atom is 0.231 e. The van der Waals surface area contributed by atoms with Gasteiger partial charge in [-0.1, -0.05) is 0 Å². The number of hydrogen-bond acceptors (Lipinski definition) is 2. The van der Waals surface area contributed by atoms with Crippen molar-refractivity contribution in [1.29, 1.82) is 0 Å². The highest BCUT2D eigenvalue weighted by Gasteiger charge is 2.12. The molecule has 0 aromatic heterocycles. The van der Waals surface area contributed by atoms with Crippen LogP contribution < -0.4 is 5.14 Å². The Morgan fingerprint density at radius 2 is 1.75 bits per heavy atom. The van der Waals surface area contributed by atoms with Crippen molar-refractivity contribution >= 4 is 16.1 Å². The van der Waals surface area contributed by atoms with Gasteiger partial charge in [0.2, 0.25) is 10.0 Å². The second kappa shape index (κ2) is 2.18. The van der Waals surface area contributed by atoms with Crippen LogP contribution in [0.3, 0.4) is 0 Å². The van der Waals surface area contributed by atoms with Crippen molar-refractivity contribution in [1.82, 2.24) is 0 Å². The molecule has 3 nitrogen and oxygen atoms in total. The van der Waals surface area contributed by atoms with Crippen molar-refractivity contribution in [3.63, 3.8) is 0 Å². The first kappa shape index (κ1) is 7.52. The van der Waals surface area contributed by atoms with Gasteiger partial charge in [-0.15, -0.1) is 0 Å². The summed E-state index contributed by atoms with van der Waals surface area (Å²) in [4.78, 5) is 0. The monoisotopic (exact) mass is 181 g/mol. The molecule has 0 unspecified atom stereocenters. The van der Waals surface area contributed by atoms with Gasteiger partial charge < -0.3 is 0 Å². The smallest absolute Gasteiger partial charge is 0.225 e. The minimum absolute atomic E-state index is 0.886. The Kier molecular flexibility index (Phi) is 1.37. The molecule has 2 aliphatic rings. The largest absolute Gasteiger partial charge is 0.231 e. The molecule has 0 saturated heterocycles. The fraction of sp³-hybridized carbons (Fsp3) is 0. The summed E-state index contributed by atoms with van der Waals surface area (Å²) in [7, 11) is -3.48. The normalized spacial score (nSPS) is 13.8. The second-order valence-electron chi connectivity index (χ2n) is 2.74. The van der Waals surface area contributed by atoms with Crippen LogP contribution in [0.15, 0.2) is 23.6 Å². The van der Waals surface area contributed by atoms with E-state index in [1.165, 1.54) is 17.2 Å². The molecular formula is C8H7NO2S. The Balaban J connectivity index is 2.23. The lowest BCUT2D eigenvalue weighted by atomic mass is 10.3. The molecular weight excluding hydrogens is 174 g/mol. The van der Waals surface area contributed by atoms with Crippen molar-refractivity contribution in [2.24, 2.45) is 5.14 Å². The molecule has 2 rings (SSSR count). The molecule has 2 N–H and O–H groups in total. The second-order valence-corrected chi connectivity index (χ2v) is 4.19. The average molecular weight is 181 g/mol. The zero-order valence-electron chi connectivity index (χ0n) is 6.19. The van der Waals surface area contributed by atoms with Gasteiger partial charge in [0.15, 0.2) is 0 Å². The van der Waals surface area contributed by atoms with Crippen LogP contribution in [0.5, 0.6) is 0 Å². The van der Waals surface area contributed by atoms with E-state index in [4.69, 9.17) is 5.14 Å². The number of hydrogen-bond donors (Lipinski definition) is 1. The highest BCUT2D eigenvalue weighted by Crippen LogP contribution is 2.36. The topological polar surface area (TPSA) is 60.2 Å². The zero-order valence-corrected chi connectivity index (χ0v) is 7.01. The molecule has 0 atom stereocenters. The van der Waals surface area contributed by atoms with Crippen LogP contribution in [-0.2, 0) is 10.0 Å². The van der Waals surface area contributed by atoms with Crippen molar-refractivity contribution in [3.8, 4) is 11.1 Å². The summed E-state index contributed by atoms with van der Waals surface area (Å²) in [5.74, 6) is 0. The average Bonchev–Trinajstić information content (AvgIpc) is 2.54. The highest BCUT2D eigenvalue weighted by molar-refractivity contribution is 7.92. The van der Waals surface area contributed by atoms with Gasteiger partial charge in [-0.05, 0) is 41.0 Å². The third-order valence-corrected chi connectivity index (χ3v) is 2.17. The standard InChI is InChI=1S/C8H7NO2S/c9-12(10,11)2-1-6-3-7-5-8(7)4-6/h1-5H,(H2,9,10,11). The van der Waals surface area contributed by atoms with E-state index in [1.54, 1.807) is 0 Å². The molecule has 0 aromatic carbocycles. The van der Waals surface area contributed by atoms with Gasteiger partial charge in [0.05, 0.1) is 0 Å². The fourth-order valence-electron chi connectivity index (χ4n) is 1.05. The third-order valence-electron chi connectivity index (χ3n) is 1.66. The molecule has 0 fully saturated rings. The molecule has 0 saturated carbocycles. The number of rotatable bonds is 2. The number of fused-ring (bicyclic) bond motifs is 1. The molecule has 0 radical (unpaired) electrons. The van der Waals surface area contributed by atoms with Crippen LogP contribution in [0.2, 0.25) is 0 Å². The van der Waals surface area contributed by atoms with E-state index in [1.807, 2.05) is 18.2 Å². The van der Waals surface area contributed by atoms with Gasteiger partial charge >= 0.3 is 0 Å². The Morgan fingerprint density at radius 3 is 2.25 bits per heavy atom.